The van der Waals surface area contributed by atoms with Crippen molar-refractivity contribution in [1.82, 2.24) is 9.80 Å². The van der Waals surface area contributed by atoms with Gasteiger partial charge in [0.25, 0.3) is 0 Å². The zero-order valence-electron chi connectivity index (χ0n) is 11.6. The lowest BCUT2D eigenvalue weighted by Crippen LogP contribution is -2.39. The van der Waals surface area contributed by atoms with Gasteiger partial charge in [-0.1, -0.05) is 0 Å². The third-order valence-electron chi connectivity index (χ3n) is 3.63. The molecule has 4 nitrogen and oxygen atoms in total. The van der Waals surface area contributed by atoms with Gasteiger partial charge < -0.3 is 10.0 Å². The van der Waals surface area contributed by atoms with E-state index in [1.54, 1.807) is 11.3 Å². The van der Waals surface area contributed by atoms with Gasteiger partial charge in [-0.15, -0.1) is 11.3 Å². The fourth-order valence-corrected chi connectivity index (χ4v) is 3.67. The van der Waals surface area contributed by atoms with Crippen molar-refractivity contribution in [2.45, 2.75) is 25.3 Å². The number of likely N-dealkylation sites (N-methyl/N-ethyl adjacent to an activating group) is 1. The van der Waals surface area contributed by atoms with E-state index in [1.165, 1.54) is 10.4 Å². The Hall–Kier alpha value is -0.910. The van der Waals surface area contributed by atoms with E-state index in [1.807, 2.05) is 14.1 Å². The highest BCUT2D eigenvalue weighted by atomic mass is 32.1. The molecular weight excluding hydrogens is 260 g/mol. The summed E-state index contributed by atoms with van der Waals surface area (Å²) in [5.41, 5.74) is 1.36. The number of rotatable bonds is 6. The molecule has 1 heterocycles. The van der Waals surface area contributed by atoms with Crippen LogP contribution in [0.3, 0.4) is 0 Å². The molecule has 106 valence electrons. The molecule has 0 fully saturated rings. The Morgan fingerprint density at radius 3 is 2.95 bits per heavy atom. The predicted octanol–water partition coefficient (Wildman–Crippen LogP) is 2.07. The number of hydrogen-bond donors (Lipinski definition) is 1. The van der Waals surface area contributed by atoms with Crippen molar-refractivity contribution in [3.05, 3.63) is 21.9 Å². The Labute approximate surface area is 118 Å². The van der Waals surface area contributed by atoms with Crippen LogP contribution < -0.4 is 0 Å². The maximum Gasteiger partial charge on any atom is 0.317 e. The van der Waals surface area contributed by atoms with Gasteiger partial charge in [0.05, 0.1) is 6.54 Å². The number of fused-ring (bicyclic) bond motifs is 1. The normalized spacial score (nSPS) is 18.8. The third kappa shape index (κ3) is 3.78. The summed E-state index contributed by atoms with van der Waals surface area (Å²) in [5.74, 6) is -0.735. The molecule has 0 spiro atoms. The average molecular weight is 282 g/mol. The van der Waals surface area contributed by atoms with Gasteiger partial charge in [0.1, 0.15) is 0 Å². The zero-order chi connectivity index (χ0) is 13.8. The van der Waals surface area contributed by atoms with E-state index in [-0.39, 0.29) is 12.6 Å². The number of carboxylic acid groups (broad SMARTS) is 1. The maximum absolute atomic E-state index is 11.1. The van der Waals surface area contributed by atoms with Crippen LogP contribution in [0, 0.1) is 0 Å². The van der Waals surface area contributed by atoms with Crippen LogP contribution in [0.15, 0.2) is 11.4 Å². The van der Waals surface area contributed by atoms with E-state index < -0.39 is 5.97 Å². The van der Waals surface area contributed by atoms with Crippen LogP contribution in [-0.4, -0.2) is 54.6 Å². The molecule has 1 unspecified atom stereocenters. The molecule has 0 amide bonds. The van der Waals surface area contributed by atoms with E-state index in [0.717, 1.165) is 32.4 Å². The van der Waals surface area contributed by atoms with E-state index in [0.29, 0.717) is 0 Å². The SMILES string of the molecule is CN(C)CCN(CC(=O)O)C1CCCc2sccc21. The van der Waals surface area contributed by atoms with Gasteiger partial charge in [-0.2, -0.15) is 0 Å². The van der Waals surface area contributed by atoms with Crippen LogP contribution in [0.5, 0.6) is 0 Å². The summed E-state index contributed by atoms with van der Waals surface area (Å²) in [6.45, 7) is 1.83. The first-order valence-corrected chi connectivity index (χ1v) is 7.62. The van der Waals surface area contributed by atoms with Crippen molar-refractivity contribution < 1.29 is 9.90 Å². The predicted molar refractivity (Wildman–Crippen MR) is 77.8 cm³/mol. The first kappa shape index (κ1) is 14.5. The van der Waals surface area contributed by atoms with Gasteiger partial charge >= 0.3 is 5.97 Å². The fourth-order valence-electron chi connectivity index (χ4n) is 2.69. The number of nitrogens with zero attached hydrogens (tertiary/aromatic N) is 2. The Kier molecular flexibility index (Phi) is 4.96. The topological polar surface area (TPSA) is 43.8 Å². The minimum Gasteiger partial charge on any atom is -0.480 e. The maximum atomic E-state index is 11.1. The van der Waals surface area contributed by atoms with Gasteiger partial charge in [0.15, 0.2) is 0 Å². The zero-order valence-corrected chi connectivity index (χ0v) is 12.4. The molecule has 5 heteroatoms. The third-order valence-corrected chi connectivity index (χ3v) is 4.63. The minimum atomic E-state index is -0.735. The first-order chi connectivity index (χ1) is 9.08. The van der Waals surface area contributed by atoms with Crippen LogP contribution in [0.25, 0.3) is 0 Å². The van der Waals surface area contributed by atoms with Gasteiger partial charge in [-0.3, -0.25) is 9.69 Å². The molecule has 1 aliphatic rings. The van der Waals surface area contributed by atoms with E-state index >= 15 is 0 Å². The van der Waals surface area contributed by atoms with E-state index in [9.17, 15) is 4.79 Å². The van der Waals surface area contributed by atoms with Crippen molar-refractivity contribution in [3.63, 3.8) is 0 Å². The Morgan fingerprint density at radius 2 is 2.26 bits per heavy atom. The van der Waals surface area contributed by atoms with Crippen LogP contribution >= 0.6 is 11.3 Å². The van der Waals surface area contributed by atoms with Gasteiger partial charge in [0, 0.05) is 24.0 Å². The Morgan fingerprint density at radius 1 is 1.47 bits per heavy atom. The summed E-state index contributed by atoms with van der Waals surface area (Å²) >= 11 is 1.81. The number of thiophene rings is 1. The van der Waals surface area contributed by atoms with Gasteiger partial charge in [-0.05, 0) is 50.4 Å². The molecule has 0 radical (unpaired) electrons. The van der Waals surface area contributed by atoms with Crippen molar-refractivity contribution >= 4 is 17.3 Å². The molecule has 0 saturated heterocycles. The number of aliphatic carboxylic acids is 1. The van der Waals surface area contributed by atoms with E-state index in [4.69, 9.17) is 5.11 Å². The number of hydrogen-bond acceptors (Lipinski definition) is 4. The van der Waals surface area contributed by atoms with Gasteiger partial charge in [-0.25, -0.2) is 0 Å². The molecule has 1 aromatic rings. The smallest absolute Gasteiger partial charge is 0.317 e. The second-order valence-corrected chi connectivity index (χ2v) is 6.38. The highest BCUT2D eigenvalue weighted by molar-refractivity contribution is 7.10. The van der Waals surface area contributed by atoms with Crippen LogP contribution in [0.4, 0.5) is 0 Å². The molecule has 1 N–H and O–H groups in total. The van der Waals surface area contributed by atoms with Crippen LogP contribution in [0.1, 0.15) is 29.3 Å². The number of carboxylic acids is 1. The summed E-state index contributed by atoms with van der Waals surface area (Å²) < 4.78 is 0. The summed E-state index contributed by atoms with van der Waals surface area (Å²) in [5, 5.41) is 11.3. The fraction of sp³-hybridized carbons (Fsp3) is 0.643. The van der Waals surface area contributed by atoms with E-state index in [2.05, 4.69) is 21.2 Å². The first-order valence-electron chi connectivity index (χ1n) is 6.74. The molecule has 1 aliphatic carbocycles. The molecule has 19 heavy (non-hydrogen) atoms. The largest absolute Gasteiger partial charge is 0.480 e. The summed E-state index contributed by atoms with van der Waals surface area (Å²) in [6.07, 6.45) is 3.39. The molecule has 1 aromatic heterocycles. The second kappa shape index (κ2) is 6.50. The highest BCUT2D eigenvalue weighted by Crippen LogP contribution is 2.36. The quantitative estimate of drug-likeness (QED) is 0.867. The number of aryl methyl sites for hydroxylation is 1. The minimum absolute atomic E-state index is 0.133. The Balaban J connectivity index is 2.12. The lowest BCUT2D eigenvalue weighted by atomic mass is 9.92. The molecular formula is C14H22N2O2S. The lowest BCUT2D eigenvalue weighted by molar-refractivity contribution is -0.139. The highest BCUT2D eigenvalue weighted by Gasteiger charge is 2.27. The summed E-state index contributed by atoms with van der Waals surface area (Å²) in [6, 6.07) is 2.46. The lowest BCUT2D eigenvalue weighted by Gasteiger charge is -2.34. The summed E-state index contributed by atoms with van der Waals surface area (Å²) in [4.78, 5) is 16.8. The molecule has 1 atom stereocenters. The molecule has 0 saturated carbocycles. The molecule has 0 aromatic carbocycles. The van der Waals surface area contributed by atoms with Crippen LogP contribution in [0.2, 0.25) is 0 Å². The summed E-state index contributed by atoms with van der Waals surface area (Å²) in [7, 11) is 4.05. The van der Waals surface area contributed by atoms with Crippen molar-refractivity contribution in [2.75, 3.05) is 33.7 Å². The van der Waals surface area contributed by atoms with Gasteiger partial charge in [0.2, 0.25) is 0 Å². The second-order valence-electron chi connectivity index (χ2n) is 5.37. The van der Waals surface area contributed by atoms with Crippen LogP contribution in [-0.2, 0) is 11.2 Å². The molecule has 0 bridgehead atoms. The van der Waals surface area contributed by atoms with Crippen molar-refractivity contribution in [3.8, 4) is 0 Å². The van der Waals surface area contributed by atoms with Crippen molar-refractivity contribution in [1.29, 1.82) is 0 Å². The molecule has 2 rings (SSSR count). The van der Waals surface area contributed by atoms with Crippen molar-refractivity contribution in [2.24, 2.45) is 0 Å². The standard InChI is InChI=1S/C14H22N2O2S/c1-15(2)7-8-16(10-14(17)18)12-4-3-5-13-11(12)6-9-19-13/h6,9,12H,3-5,7-8,10H2,1-2H3,(H,17,18). The monoisotopic (exact) mass is 282 g/mol. The number of carbonyl (C=O) groups is 1. The molecule has 0 aliphatic heterocycles. The Bertz CT molecular complexity index is 431. The average Bonchev–Trinajstić information content (AvgIpc) is 2.81.